The van der Waals surface area contributed by atoms with Gasteiger partial charge in [-0.25, -0.2) is 15.0 Å². The first kappa shape index (κ1) is 13.6. The number of hydrogen-bond acceptors (Lipinski definition) is 6. The predicted octanol–water partition coefficient (Wildman–Crippen LogP) is 1.10. The minimum atomic E-state index is -0.676. The molecule has 0 aliphatic heterocycles. The van der Waals surface area contributed by atoms with Gasteiger partial charge in [0.25, 0.3) is 5.91 Å². The van der Waals surface area contributed by atoms with Crippen LogP contribution >= 0.6 is 11.3 Å². The van der Waals surface area contributed by atoms with Crippen molar-refractivity contribution in [3.05, 3.63) is 29.5 Å². The van der Waals surface area contributed by atoms with E-state index in [-0.39, 0.29) is 12.5 Å². The molecule has 0 aromatic carbocycles. The van der Waals surface area contributed by atoms with Crippen molar-refractivity contribution >= 4 is 17.2 Å². The summed E-state index contributed by atoms with van der Waals surface area (Å²) in [6.45, 7) is 3.33. The van der Waals surface area contributed by atoms with Gasteiger partial charge >= 0.3 is 0 Å². The number of aliphatic hydroxyl groups is 1. The van der Waals surface area contributed by atoms with Crippen molar-refractivity contribution in [2.75, 3.05) is 6.61 Å². The topological polar surface area (TPSA) is 88.0 Å². The summed E-state index contributed by atoms with van der Waals surface area (Å²) in [5.41, 5.74) is -0.376. The van der Waals surface area contributed by atoms with Crippen LogP contribution in [0.5, 0.6) is 0 Å². The molecule has 0 aliphatic rings. The molecule has 0 unspecified atom stereocenters. The fraction of sp³-hybridized carbons (Fsp3) is 0.333. The van der Waals surface area contributed by atoms with Gasteiger partial charge in [0.1, 0.15) is 5.69 Å². The first-order valence-corrected chi connectivity index (χ1v) is 6.56. The average Bonchev–Trinajstić information content (AvgIpc) is 2.89. The summed E-state index contributed by atoms with van der Waals surface area (Å²) >= 11 is 1.31. The molecule has 100 valence electrons. The zero-order valence-electron chi connectivity index (χ0n) is 10.6. The number of nitrogens with zero attached hydrogens (tertiary/aromatic N) is 3. The van der Waals surface area contributed by atoms with E-state index in [1.165, 1.54) is 11.3 Å². The minimum Gasteiger partial charge on any atom is -0.394 e. The van der Waals surface area contributed by atoms with Crippen molar-refractivity contribution in [2.45, 2.75) is 19.4 Å². The van der Waals surface area contributed by atoms with Gasteiger partial charge in [-0.05, 0) is 19.9 Å². The average molecular weight is 278 g/mol. The second-order valence-electron chi connectivity index (χ2n) is 4.61. The molecule has 0 radical (unpaired) electrons. The van der Waals surface area contributed by atoms with Crippen LogP contribution in [0.2, 0.25) is 0 Å². The van der Waals surface area contributed by atoms with Crippen LogP contribution in [0.15, 0.2) is 23.8 Å². The van der Waals surface area contributed by atoms with E-state index in [4.69, 9.17) is 5.11 Å². The fourth-order valence-electron chi connectivity index (χ4n) is 1.30. The Kier molecular flexibility index (Phi) is 3.87. The van der Waals surface area contributed by atoms with Gasteiger partial charge in [-0.15, -0.1) is 11.3 Å². The smallest absolute Gasteiger partial charge is 0.271 e. The van der Waals surface area contributed by atoms with Crippen molar-refractivity contribution < 1.29 is 9.90 Å². The number of thiazole rings is 1. The van der Waals surface area contributed by atoms with E-state index in [2.05, 4.69) is 20.3 Å². The molecule has 0 aliphatic carbocycles. The number of amides is 1. The van der Waals surface area contributed by atoms with E-state index in [9.17, 15) is 4.79 Å². The van der Waals surface area contributed by atoms with Crippen molar-refractivity contribution in [3.63, 3.8) is 0 Å². The van der Waals surface area contributed by atoms with Crippen molar-refractivity contribution in [1.29, 1.82) is 0 Å². The lowest BCUT2D eigenvalue weighted by Crippen LogP contribution is -2.46. The SMILES string of the molecule is CC(C)(CO)NC(=O)c1csc(-c2ncccn2)n1. The molecule has 2 heterocycles. The third-order valence-electron chi connectivity index (χ3n) is 2.34. The van der Waals surface area contributed by atoms with Gasteiger partial charge in [0.2, 0.25) is 0 Å². The summed E-state index contributed by atoms with van der Waals surface area (Å²) < 4.78 is 0. The maximum atomic E-state index is 11.9. The lowest BCUT2D eigenvalue weighted by atomic mass is 10.1. The first-order valence-electron chi connectivity index (χ1n) is 5.68. The lowest BCUT2D eigenvalue weighted by molar-refractivity contribution is 0.0865. The Bertz CT molecular complexity index is 568. The Hall–Kier alpha value is -1.86. The van der Waals surface area contributed by atoms with Gasteiger partial charge in [-0.1, -0.05) is 0 Å². The minimum absolute atomic E-state index is 0.141. The molecule has 1 amide bonds. The van der Waals surface area contributed by atoms with Crippen LogP contribution in [-0.4, -0.2) is 38.1 Å². The summed E-state index contributed by atoms with van der Waals surface area (Å²) in [4.78, 5) is 24.3. The van der Waals surface area contributed by atoms with Crippen LogP contribution in [0, 0.1) is 0 Å². The van der Waals surface area contributed by atoms with Gasteiger partial charge in [0.15, 0.2) is 10.8 Å². The molecule has 0 atom stereocenters. The Morgan fingerprint density at radius 1 is 1.42 bits per heavy atom. The van der Waals surface area contributed by atoms with E-state index in [1.54, 1.807) is 37.7 Å². The van der Waals surface area contributed by atoms with Crippen LogP contribution < -0.4 is 5.32 Å². The second kappa shape index (κ2) is 5.41. The molecular weight excluding hydrogens is 264 g/mol. The van der Waals surface area contributed by atoms with Gasteiger partial charge in [-0.2, -0.15) is 0 Å². The van der Waals surface area contributed by atoms with Crippen LogP contribution in [0.3, 0.4) is 0 Å². The Labute approximate surface area is 114 Å². The molecule has 0 fully saturated rings. The van der Waals surface area contributed by atoms with E-state index in [1.807, 2.05) is 0 Å². The normalized spacial score (nSPS) is 11.3. The number of aliphatic hydroxyl groups excluding tert-OH is 1. The number of carbonyl (C=O) groups excluding carboxylic acids is 1. The molecule has 7 heteroatoms. The maximum Gasteiger partial charge on any atom is 0.271 e. The molecule has 2 aromatic rings. The van der Waals surface area contributed by atoms with Gasteiger partial charge in [-0.3, -0.25) is 4.79 Å². The predicted molar refractivity (Wildman–Crippen MR) is 71.8 cm³/mol. The Morgan fingerprint density at radius 2 is 2.11 bits per heavy atom. The number of nitrogens with one attached hydrogen (secondary N) is 1. The summed E-state index contributed by atoms with van der Waals surface area (Å²) in [6.07, 6.45) is 3.25. The second-order valence-corrected chi connectivity index (χ2v) is 5.46. The van der Waals surface area contributed by atoms with Crippen molar-refractivity contribution in [3.8, 4) is 10.8 Å². The fourth-order valence-corrected chi connectivity index (χ4v) is 2.05. The third-order valence-corrected chi connectivity index (χ3v) is 3.18. The van der Waals surface area contributed by atoms with Crippen LogP contribution in [-0.2, 0) is 0 Å². The van der Waals surface area contributed by atoms with Gasteiger partial charge in [0, 0.05) is 17.8 Å². The molecule has 2 N–H and O–H groups in total. The standard InChI is InChI=1S/C12H14N4O2S/c1-12(2,7-17)16-10(18)8-6-19-11(15-8)9-13-4-3-5-14-9/h3-6,17H,7H2,1-2H3,(H,16,18). The molecule has 19 heavy (non-hydrogen) atoms. The summed E-state index contributed by atoms with van der Waals surface area (Å²) in [6, 6.07) is 1.72. The number of aromatic nitrogens is 3. The summed E-state index contributed by atoms with van der Waals surface area (Å²) in [5.74, 6) is 0.172. The highest BCUT2D eigenvalue weighted by Crippen LogP contribution is 2.19. The monoisotopic (exact) mass is 278 g/mol. The molecule has 2 aromatic heterocycles. The largest absolute Gasteiger partial charge is 0.394 e. The van der Waals surface area contributed by atoms with Crippen molar-refractivity contribution in [1.82, 2.24) is 20.3 Å². The molecule has 0 spiro atoms. The Balaban J connectivity index is 2.16. The quantitative estimate of drug-likeness (QED) is 0.874. The molecule has 0 saturated carbocycles. The molecule has 6 nitrogen and oxygen atoms in total. The Morgan fingerprint density at radius 3 is 2.74 bits per heavy atom. The molecule has 0 bridgehead atoms. The van der Waals surface area contributed by atoms with Gasteiger partial charge < -0.3 is 10.4 Å². The van der Waals surface area contributed by atoms with E-state index >= 15 is 0 Å². The van der Waals surface area contributed by atoms with E-state index in [0.29, 0.717) is 16.5 Å². The van der Waals surface area contributed by atoms with E-state index < -0.39 is 5.54 Å². The number of hydrogen-bond donors (Lipinski definition) is 2. The molecular formula is C12H14N4O2S. The highest BCUT2D eigenvalue weighted by atomic mass is 32.1. The zero-order valence-corrected chi connectivity index (χ0v) is 11.4. The van der Waals surface area contributed by atoms with Crippen LogP contribution in [0.1, 0.15) is 24.3 Å². The van der Waals surface area contributed by atoms with Crippen LogP contribution in [0.25, 0.3) is 10.8 Å². The van der Waals surface area contributed by atoms with Gasteiger partial charge in [0.05, 0.1) is 12.1 Å². The van der Waals surface area contributed by atoms with Crippen LogP contribution in [0.4, 0.5) is 0 Å². The first-order chi connectivity index (χ1) is 9.02. The zero-order chi connectivity index (χ0) is 13.9. The van der Waals surface area contributed by atoms with Crippen molar-refractivity contribution in [2.24, 2.45) is 0 Å². The summed E-state index contributed by atoms with van der Waals surface area (Å²) in [5, 5.41) is 14.1. The highest BCUT2D eigenvalue weighted by molar-refractivity contribution is 7.13. The summed E-state index contributed by atoms with van der Waals surface area (Å²) in [7, 11) is 0. The van der Waals surface area contributed by atoms with E-state index in [0.717, 1.165) is 0 Å². The third kappa shape index (κ3) is 3.33. The number of rotatable bonds is 4. The molecule has 2 rings (SSSR count). The molecule has 0 saturated heterocycles. The lowest BCUT2D eigenvalue weighted by Gasteiger charge is -2.22. The number of carbonyl (C=O) groups is 1. The highest BCUT2D eigenvalue weighted by Gasteiger charge is 2.22. The maximum absolute atomic E-state index is 11.9.